The Kier molecular flexibility index (Phi) is 6.45. The maximum Gasteiger partial charge on any atom is 0.246 e. The predicted molar refractivity (Wildman–Crippen MR) is 126 cm³/mol. The molecule has 0 fully saturated rings. The molecule has 2 heterocycles. The summed E-state index contributed by atoms with van der Waals surface area (Å²) in [5, 5.41) is 7.50. The Morgan fingerprint density at radius 3 is 2.42 bits per heavy atom. The number of nitrogens with zero attached hydrogens (tertiary/aromatic N) is 4. The molecule has 10 heteroatoms. The highest BCUT2D eigenvalue weighted by Gasteiger charge is 2.17. The van der Waals surface area contributed by atoms with Gasteiger partial charge in [0.15, 0.2) is 17.3 Å². The number of hydrogen-bond donors (Lipinski definition) is 1. The van der Waals surface area contributed by atoms with E-state index in [1.54, 1.807) is 37.1 Å². The van der Waals surface area contributed by atoms with Crippen molar-refractivity contribution in [3.63, 3.8) is 0 Å². The molecule has 9 nitrogen and oxygen atoms in total. The average molecular weight is 466 g/mol. The van der Waals surface area contributed by atoms with Gasteiger partial charge in [0, 0.05) is 29.7 Å². The normalized spacial score (nSPS) is 10.6. The van der Waals surface area contributed by atoms with Gasteiger partial charge < -0.3 is 19.5 Å². The van der Waals surface area contributed by atoms with E-state index in [2.05, 4.69) is 10.4 Å². The first-order valence-electron chi connectivity index (χ1n) is 10.0. The van der Waals surface area contributed by atoms with Crippen molar-refractivity contribution in [3.05, 3.63) is 71.8 Å². The van der Waals surface area contributed by atoms with E-state index in [9.17, 15) is 4.79 Å². The summed E-state index contributed by atoms with van der Waals surface area (Å²) in [6.07, 6.45) is 3.71. The van der Waals surface area contributed by atoms with E-state index in [1.807, 2.05) is 53.5 Å². The van der Waals surface area contributed by atoms with Gasteiger partial charge in [-0.3, -0.25) is 9.47 Å². The van der Waals surface area contributed by atoms with E-state index < -0.39 is 0 Å². The van der Waals surface area contributed by atoms with Gasteiger partial charge in [-0.15, -0.1) is 5.10 Å². The summed E-state index contributed by atoms with van der Waals surface area (Å²) in [5.41, 5.74) is 1.37. The van der Waals surface area contributed by atoms with Crippen LogP contribution in [0.5, 0.6) is 17.2 Å². The van der Waals surface area contributed by atoms with Crippen LogP contribution in [0.2, 0.25) is 0 Å². The molecule has 170 valence electrons. The molecule has 1 amide bonds. The third-order valence-corrected chi connectivity index (χ3v) is 5.31. The highest BCUT2D eigenvalue weighted by atomic mass is 32.1. The fourth-order valence-electron chi connectivity index (χ4n) is 3.36. The van der Waals surface area contributed by atoms with Crippen molar-refractivity contribution >= 4 is 23.8 Å². The predicted octanol–water partition coefficient (Wildman–Crippen LogP) is 3.86. The molecule has 0 aliphatic rings. The van der Waals surface area contributed by atoms with Crippen LogP contribution in [-0.4, -0.2) is 46.4 Å². The molecule has 1 N–H and O–H groups in total. The minimum Gasteiger partial charge on any atom is -0.497 e. The van der Waals surface area contributed by atoms with Crippen LogP contribution >= 0.6 is 12.2 Å². The molecular weight excluding hydrogens is 442 g/mol. The van der Waals surface area contributed by atoms with Crippen LogP contribution in [-0.2, 0) is 11.3 Å². The second kappa shape index (κ2) is 9.61. The van der Waals surface area contributed by atoms with E-state index >= 15 is 0 Å². The Bertz CT molecular complexity index is 1330. The average Bonchev–Trinajstić information content (AvgIpc) is 3.47. The molecule has 0 unspecified atom stereocenters. The second-order valence-electron chi connectivity index (χ2n) is 6.99. The van der Waals surface area contributed by atoms with Gasteiger partial charge in [-0.1, -0.05) is 12.1 Å². The maximum absolute atomic E-state index is 12.8. The third-order valence-electron chi connectivity index (χ3n) is 4.93. The van der Waals surface area contributed by atoms with Crippen molar-refractivity contribution in [1.29, 1.82) is 0 Å². The summed E-state index contributed by atoms with van der Waals surface area (Å²) in [6, 6.07) is 16.4. The molecule has 0 aliphatic heterocycles. The van der Waals surface area contributed by atoms with Crippen molar-refractivity contribution in [2.24, 2.45) is 0 Å². The summed E-state index contributed by atoms with van der Waals surface area (Å²) in [6.45, 7) is -0.0710. The molecular formula is C23H23N5O4S. The lowest BCUT2D eigenvalue weighted by Gasteiger charge is -2.10. The number of amides is 1. The standard InChI is InChI=1S/C23H23N5O4S/c1-30-18-8-6-7-16(13-18)22-25-27(23(33)28(22)26-11-4-5-12-26)15-21(29)24-17-9-10-19(31-2)20(14-17)32-3/h4-14H,15H2,1-3H3,(H,24,29). The first-order valence-corrected chi connectivity index (χ1v) is 10.4. The lowest BCUT2D eigenvalue weighted by Crippen LogP contribution is -2.20. The minimum atomic E-state index is -0.285. The number of methoxy groups -OCH3 is 3. The zero-order chi connectivity index (χ0) is 23.4. The molecule has 33 heavy (non-hydrogen) atoms. The van der Waals surface area contributed by atoms with Gasteiger partial charge >= 0.3 is 0 Å². The number of carbonyl (C=O) groups is 1. The highest BCUT2D eigenvalue weighted by Crippen LogP contribution is 2.30. The summed E-state index contributed by atoms with van der Waals surface area (Å²) in [7, 11) is 4.70. The Morgan fingerprint density at radius 2 is 1.73 bits per heavy atom. The third kappa shape index (κ3) is 4.60. The number of aromatic nitrogens is 4. The van der Waals surface area contributed by atoms with Crippen LogP contribution in [0, 0.1) is 4.77 Å². The van der Waals surface area contributed by atoms with Gasteiger partial charge in [0.2, 0.25) is 10.7 Å². The number of rotatable bonds is 8. The maximum atomic E-state index is 12.8. The van der Waals surface area contributed by atoms with Gasteiger partial charge in [-0.25, -0.2) is 9.36 Å². The van der Waals surface area contributed by atoms with Crippen molar-refractivity contribution in [2.45, 2.75) is 6.54 Å². The molecule has 2 aromatic carbocycles. The summed E-state index contributed by atoms with van der Waals surface area (Å²) in [4.78, 5) is 12.8. The number of hydrogen-bond acceptors (Lipinski definition) is 6. The molecule has 4 rings (SSSR count). The van der Waals surface area contributed by atoms with E-state index in [0.717, 1.165) is 5.56 Å². The van der Waals surface area contributed by atoms with Crippen LogP contribution in [0.3, 0.4) is 0 Å². The smallest absolute Gasteiger partial charge is 0.246 e. The van der Waals surface area contributed by atoms with Gasteiger partial charge in [-0.2, -0.15) is 0 Å². The highest BCUT2D eigenvalue weighted by molar-refractivity contribution is 7.71. The molecule has 0 atom stereocenters. The van der Waals surface area contributed by atoms with Crippen molar-refractivity contribution in [3.8, 4) is 28.6 Å². The molecule has 4 aromatic rings. The van der Waals surface area contributed by atoms with Gasteiger partial charge in [0.25, 0.3) is 0 Å². The number of ether oxygens (including phenoxy) is 3. The van der Waals surface area contributed by atoms with Crippen LogP contribution in [0.15, 0.2) is 67.0 Å². The SMILES string of the molecule is COc1cccc(-c2nn(CC(=O)Nc3ccc(OC)c(OC)c3)c(=S)n2-n2cccc2)c1. The Hall–Kier alpha value is -4.05. The molecule has 0 saturated carbocycles. The number of benzene rings is 2. The number of anilines is 1. The van der Waals surface area contributed by atoms with Crippen molar-refractivity contribution < 1.29 is 19.0 Å². The van der Waals surface area contributed by atoms with Crippen molar-refractivity contribution in [2.75, 3.05) is 26.6 Å². The van der Waals surface area contributed by atoms with E-state index in [4.69, 9.17) is 26.4 Å². The summed E-state index contributed by atoms with van der Waals surface area (Å²) >= 11 is 5.67. The fraction of sp³-hybridized carbons (Fsp3) is 0.174. The Morgan fingerprint density at radius 1 is 0.970 bits per heavy atom. The Balaban J connectivity index is 1.66. The fourth-order valence-corrected chi connectivity index (χ4v) is 3.65. The van der Waals surface area contributed by atoms with Crippen LogP contribution in [0.1, 0.15) is 0 Å². The second-order valence-corrected chi connectivity index (χ2v) is 7.35. The number of nitrogens with one attached hydrogen (secondary N) is 1. The zero-order valence-corrected chi connectivity index (χ0v) is 19.2. The monoisotopic (exact) mass is 465 g/mol. The first-order chi connectivity index (χ1) is 16.0. The topological polar surface area (TPSA) is 84.5 Å². The molecule has 0 bridgehead atoms. The molecule has 0 saturated heterocycles. The van der Waals surface area contributed by atoms with Crippen LogP contribution in [0.4, 0.5) is 5.69 Å². The van der Waals surface area contributed by atoms with E-state index in [0.29, 0.717) is 33.5 Å². The van der Waals surface area contributed by atoms with E-state index in [1.165, 1.54) is 11.8 Å². The summed E-state index contributed by atoms with van der Waals surface area (Å²) in [5.74, 6) is 2.08. The van der Waals surface area contributed by atoms with Gasteiger partial charge in [0.1, 0.15) is 12.3 Å². The molecule has 0 spiro atoms. The van der Waals surface area contributed by atoms with E-state index in [-0.39, 0.29) is 12.5 Å². The largest absolute Gasteiger partial charge is 0.497 e. The zero-order valence-electron chi connectivity index (χ0n) is 18.4. The summed E-state index contributed by atoms with van der Waals surface area (Å²) < 4.78 is 21.3. The van der Waals surface area contributed by atoms with Crippen molar-refractivity contribution in [1.82, 2.24) is 19.1 Å². The number of carbonyl (C=O) groups excluding carboxylic acids is 1. The van der Waals surface area contributed by atoms with Gasteiger partial charge in [0.05, 0.1) is 21.3 Å². The molecule has 0 radical (unpaired) electrons. The van der Waals surface area contributed by atoms with Crippen LogP contribution < -0.4 is 19.5 Å². The lowest BCUT2D eigenvalue weighted by molar-refractivity contribution is -0.116. The molecule has 2 aromatic heterocycles. The Labute approximate surface area is 195 Å². The molecule has 0 aliphatic carbocycles. The minimum absolute atomic E-state index is 0.0710. The van der Waals surface area contributed by atoms with Crippen LogP contribution in [0.25, 0.3) is 11.4 Å². The van der Waals surface area contributed by atoms with Gasteiger partial charge in [-0.05, 0) is 48.6 Å². The lowest BCUT2D eigenvalue weighted by atomic mass is 10.2. The quantitative estimate of drug-likeness (QED) is 0.398. The first kappa shape index (κ1) is 22.2.